The maximum atomic E-state index is 12.2. The van der Waals surface area contributed by atoms with E-state index in [2.05, 4.69) is 81.1 Å². The Bertz CT molecular complexity index is 629. The maximum Gasteiger partial charge on any atom is 0.407 e. The zero-order valence-electron chi connectivity index (χ0n) is 22.3. The number of carbonyl (C=O) groups excluding carboxylic acids is 2. The minimum atomic E-state index is -0.436. The summed E-state index contributed by atoms with van der Waals surface area (Å²) >= 11 is 0. The second kappa shape index (κ2) is 10.9. The van der Waals surface area contributed by atoms with Crippen LogP contribution in [0.4, 0.5) is 4.79 Å². The van der Waals surface area contributed by atoms with E-state index >= 15 is 0 Å². The number of hydrogen-bond donors (Lipinski definition) is 1. The van der Waals surface area contributed by atoms with Crippen molar-refractivity contribution >= 4 is 12.1 Å². The average molecular weight is 440 g/mol. The second-order valence-electron chi connectivity index (χ2n) is 11.6. The molecule has 0 aliphatic rings. The van der Waals surface area contributed by atoms with Gasteiger partial charge < -0.3 is 14.8 Å². The van der Waals surface area contributed by atoms with Crippen molar-refractivity contribution in [2.45, 2.75) is 102 Å². The molecule has 0 saturated carbocycles. The first-order valence-electron chi connectivity index (χ1n) is 11.6. The molecule has 5 nitrogen and oxygen atoms in total. The molecule has 1 N–H and O–H groups in total. The van der Waals surface area contributed by atoms with Crippen molar-refractivity contribution in [1.82, 2.24) is 5.32 Å². The first-order chi connectivity index (χ1) is 13.8. The second-order valence-corrected chi connectivity index (χ2v) is 11.6. The number of ether oxygens (including phenoxy) is 2. The van der Waals surface area contributed by atoms with E-state index < -0.39 is 12.1 Å². The Morgan fingerprint density at radius 2 is 1.45 bits per heavy atom. The smallest absolute Gasteiger partial charge is 0.407 e. The third-order valence-corrected chi connectivity index (χ3v) is 8.59. The predicted octanol–water partition coefficient (Wildman–Crippen LogP) is 6.76. The molecule has 1 atom stereocenters. The molecule has 0 aliphatic heterocycles. The third-order valence-electron chi connectivity index (χ3n) is 8.59. The molecule has 31 heavy (non-hydrogen) atoms. The fraction of sp³-hybridized carbons (Fsp3) is 0.846. The Labute approximate surface area is 191 Å². The number of hydrogen-bond acceptors (Lipinski definition) is 4. The van der Waals surface area contributed by atoms with E-state index in [1.165, 1.54) is 0 Å². The number of alkyl carbamates (subject to hydrolysis) is 1. The molecule has 0 aliphatic carbocycles. The quantitative estimate of drug-likeness (QED) is 0.207. The maximum absolute atomic E-state index is 12.2. The highest BCUT2D eigenvalue weighted by Crippen LogP contribution is 2.62. The molecule has 0 rings (SSSR count). The third kappa shape index (κ3) is 7.25. The molecular formula is C26H49NO4. The normalized spacial score (nSPS) is 14.2. The average Bonchev–Trinajstić information content (AvgIpc) is 2.59. The molecule has 0 heterocycles. The van der Waals surface area contributed by atoms with Crippen LogP contribution in [-0.4, -0.2) is 31.3 Å². The highest BCUT2D eigenvalue weighted by molar-refractivity contribution is 5.86. The van der Waals surface area contributed by atoms with Crippen molar-refractivity contribution in [2.24, 2.45) is 27.6 Å². The van der Waals surface area contributed by atoms with Crippen LogP contribution in [0.5, 0.6) is 0 Å². The molecule has 1 amide bonds. The van der Waals surface area contributed by atoms with E-state index in [-0.39, 0.29) is 34.4 Å². The molecule has 0 fully saturated rings. The van der Waals surface area contributed by atoms with Gasteiger partial charge in [0.05, 0.1) is 6.61 Å². The van der Waals surface area contributed by atoms with Gasteiger partial charge in [0.15, 0.2) is 0 Å². The summed E-state index contributed by atoms with van der Waals surface area (Å²) in [6, 6.07) is 0. The molecule has 0 saturated heterocycles. The minimum absolute atomic E-state index is 0.00493. The van der Waals surface area contributed by atoms with E-state index in [9.17, 15) is 9.59 Å². The molecule has 1 unspecified atom stereocenters. The first kappa shape index (κ1) is 29.5. The molecule has 182 valence electrons. The predicted molar refractivity (Wildman–Crippen MR) is 129 cm³/mol. The SMILES string of the molecule is C=C(C)C(=O)OCCCNC(=O)OC(C)CC(C)(C)C(C)(C)C(C)(C)C(C)(C)C(C)C. The molecule has 0 radical (unpaired) electrons. The van der Waals surface area contributed by atoms with Crippen LogP contribution in [-0.2, 0) is 14.3 Å². The van der Waals surface area contributed by atoms with E-state index in [1.54, 1.807) is 6.92 Å². The number of rotatable bonds is 12. The van der Waals surface area contributed by atoms with Crippen LogP contribution in [0.15, 0.2) is 12.2 Å². The van der Waals surface area contributed by atoms with Gasteiger partial charge >= 0.3 is 12.1 Å². The number of amides is 1. The van der Waals surface area contributed by atoms with Gasteiger partial charge in [-0.1, -0.05) is 75.8 Å². The first-order valence-corrected chi connectivity index (χ1v) is 11.6. The molecule has 0 aromatic rings. The van der Waals surface area contributed by atoms with Crippen LogP contribution in [0.3, 0.4) is 0 Å². The Balaban J connectivity index is 4.84. The Morgan fingerprint density at radius 3 is 1.90 bits per heavy atom. The lowest BCUT2D eigenvalue weighted by atomic mass is 9.44. The van der Waals surface area contributed by atoms with Crippen LogP contribution in [0, 0.1) is 27.6 Å². The van der Waals surface area contributed by atoms with Crippen molar-refractivity contribution in [3.8, 4) is 0 Å². The molecule has 0 aromatic heterocycles. The fourth-order valence-corrected chi connectivity index (χ4v) is 4.16. The standard InChI is InChI=1S/C26H49NO4/c1-18(2)21(28)30-16-14-15-27-22(29)31-20(5)17-23(6,7)25(10,11)26(12,13)24(8,9)19(3)4/h19-20H,1,14-17H2,2-13H3,(H,27,29). The van der Waals surface area contributed by atoms with Crippen LogP contribution in [0.25, 0.3) is 0 Å². The monoisotopic (exact) mass is 439 g/mol. The van der Waals surface area contributed by atoms with Gasteiger partial charge in [-0.25, -0.2) is 9.59 Å². The van der Waals surface area contributed by atoms with Gasteiger partial charge in [-0.3, -0.25) is 0 Å². The van der Waals surface area contributed by atoms with Crippen LogP contribution in [0.2, 0.25) is 0 Å². The molecular weight excluding hydrogens is 390 g/mol. The lowest BCUT2D eigenvalue weighted by Gasteiger charge is -2.60. The lowest BCUT2D eigenvalue weighted by molar-refractivity contribution is -0.138. The van der Waals surface area contributed by atoms with E-state index in [0.29, 0.717) is 24.5 Å². The summed E-state index contributed by atoms with van der Waals surface area (Å²) in [5.74, 6) is 0.135. The van der Waals surface area contributed by atoms with Gasteiger partial charge in [0.25, 0.3) is 0 Å². The van der Waals surface area contributed by atoms with Gasteiger partial charge in [0, 0.05) is 12.1 Å². The van der Waals surface area contributed by atoms with Crippen LogP contribution < -0.4 is 5.32 Å². The molecule has 5 heteroatoms. The molecule has 0 spiro atoms. The summed E-state index contributed by atoms with van der Waals surface area (Å²) in [6.07, 6.45) is 0.642. The van der Waals surface area contributed by atoms with E-state index in [0.717, 1.165) is 6.42 Å². The van der Waals surface area contributed by atoms with Gasteiger partial charge in [-0.05, 0) is 54.3 Å². The molecule has 0 bridgehead atoms. The van der Waals surface area contributed by atoms with Gasteiger partial charge in [-0.2, -0.15) is 0 Å². The lowest BCUT2D eigenvalue weighted by Crippen LogP contribution is -2.54. The highest BCUT2D eigenvalue weighted by Gasteiger charge is 2.55. The summed E-state index contributed by atoms with van der Waals surface area (Å²) in [6.45, 7) is 31.0. The van der Waals surface area contributed by atoms with Crippen molar-refractivity contribution in [3.63, 3.8) is 0 Å². The Hall–Kier alpha value is -1.52. The summed E-state index contributed by atoms with van der Waals surface area (Å²) in [4.78, 5) is 23.5. The van der Waals surface area contributed by atoms with Gasteiger partial charge in [0.1, 0.15) is 6.10 Å². The fourth-order valence-electron chi connectivity index (χ4n) is 4.16. The Kier molecular flexibility index (Phi) is 10.3. The number of esters is 1. The topological polar surface area (TPSA) is 64.6 Å². The largest absolute Gasteiger partial charge is 0.462 e. The van der Waals surface area contributed by atoms with E-state index in [4.69, 9.17) is 9.47 Å². The number of nitrogens with one attached hydrogen (secondary N) is 1. The van der Waals surface area contributed by atoms with Gasteiger partial charge in [-0.15, -0.1) is 0 Å². The zero-order chi connectivity index (χ0) is 24.8. The van der Waals surface area contributed by atoms with Gasteiger partial charge in [0.2, 0.25) is 0 Å². The summed E-state index contributed by atoms with van der Waals surface area (Å²) in [7, 11) is 0. The Morgan fingerprint density at radius 1 is 0.935 bits per heavy atom. The minimum Gasteiger partial charge on any atom is -0.462 e. The zero-order valence-corrected chi connectivity index (χ0v) is 22.3. The summed E-state index contributed by atoms with van der Waals surface area (Å²) in [5, 5.41) is 2.74. The van der Waals surface area contributed by atoms with E-state index in [1.807, 2.05) is 6.92 Å². The van der Waals surface area contributed by atoms with Crippen molar-refractivity contribution in [3.05, 3.63) is 12.2 Å². The molecule has 0 aromatic carbocycles. The van der Waals surface area contributed by atoms with Crippen molar-refractivity contribution in [1.29, 1.82) is 0 Å². The van der Waals surface area contributed by atoms with Crippen molar-refractivity contribution in [2.75, 3.05) is 13.2 Å². The van der Waals surface area contributed by atoms with Crippen LogP contribution in [0.1, 0.15) is 95.9 Å². The number of carbonyl (C=O) groups is 2. The summed E-state index contributed by atoms with van der Waals surface area (Å²) in [5.41, 5.74) is 0.504. The summed E-state index contributed by atoms with van der Waals surface area (Å²) < 4.78 is 10.6. The van der Waals surface area contributed by atoms with Crippen LogP contribution >= 0.6 is 0 Å². The van der Waals surface area contributed by atoms with Crippen molar-refractivity contribution < 1.29 is 19.1 Å². The highest BCUT2D eigenvalue weighted by atomic mass is 16.6.